The summed E-state index contributed by atoms with van der Waals surface area (Å²) in [6.07, 6.45) is 3.36. The molecular formula is C26H26F3N9. The smallest absolute Gasteiger partial charge is 0.369 e. The van der Waals surface area contributed by atoms with Gasteiger partial charge in [-0.15, -0.1) is 0 Å². The van der Waals surface area contributed by atoms with E-state index in [9.17, 15) is 18.4 Å². The molecule has 0 saturated carbocycles. The van der Waals surface area contributed by atoms with Gasteiger partial charge in [0.15, 0.2) is 0 Å². The van der Waals surface area contributed by atoms with Gasteiger partial charge in [0.1, 0.15) is 17.5 Å². The van der Waals surface area contributed by atoms with Gasteiger partial charge in [0.05, 0.1) is 29.1 Å². The molecule has 0 amide bonds. The highest BCUT2D eigenvalue weighted by atomic mass is 19.4. The number of hydrogen-bond acceptors (Lipinski definition) is 8. The number of pyridine rings is 2. The fourth-order valence-corrected chi connectivity index (χ4v) is 4.48. The molecule has 3 N–H and O–H groups in total. The molecule has 1 aliphatic rings. The van der Waals surface area contributed by atoms with E-state index in [0.717, 1.165) is 49.8 Å². The van der Waals surface area contributed by atoms with Crippen molar-refractivity contribution in [2.45, 2.75) is 32.0 Å². The predicted octanol–water partition coefficient (Wildman–Crippen LogP) is 4.99. The molecule has 12 heteroatoms. The zero-order valence-electron chi connectivity index (χ0n) is 20.7. The van der Waals surface area contributed by atoms with Gasteiger partial charge in [-0.25, -0.2) is 19.9 Å². The standard InChI is InChI=1S/C26H26F3N9/c1-16(17-4-5-22(32-12-17)31-6-9-38-7-2-3-8-38)36-25-35-13-18(11-30)23(37-25)21-15-34-24-20(21)10-19(14-33-24)26(27,28)29/h4-5,10,12-16H,2-3,6-9H2,1H3,(H,31,32)(H,33,34)(H,35,36,37)/t16-/m1/s1. The minimum absolute atomic E-state index is 0.132. The van der Waals surface area contributed by atoms with Gasteiger partial charge in [-0.05, 0) is 50.6 Å². The molecule has 0 bridgehead atoms. The van der Waals surface area contributed by atoms with Crippen LogP contribution in [0.4, 0.5) is 24.9 Å². The second-order valence-corrected chi connectivity index (χ2v) is 9.21. The van der Waals surface area contributed by atoms with Crippen LogP contribution in [0.2, 0.25) is 0 Å². The quantitative estimate of drug-likeness (QED) is 0.297. The molecule has 9 nitrogen and oxygen atoms in total. The maximum atomic E-state index is 13.3. The van der Waals surface area contributed by atoms with Crippen molar-refractivity contribution in [3.8, 4) is 17.3 Å². The zero-order valence-corrected chi connectivity index (χ0v) is 20.7. The molecule has 0 aliphatic carbocycles. The van der Waals surface area contributed by atoms with Crippen LogP contribution in [-0.4, -0.2) is 56.0 Å². The number of nitriles is 1. The number of likely N-dealkylation sites (tertiary alicyclic amines) is 1. The van der Waals surface area contributed by atoms with E-state index < -0.39 is 11.7 Å². The fourth-order valence-electron chi connectivity index (χ4n) is 4.48. The summed E-state index contributed by atoms with van der Waals surface area (Å²) in [5, 5.41) is 16.3. The van der Waals surface area contributed by atoms with E-state index in [1.54, 1.807) is 6.20 Å². The topological polar surface area (TPSA) is 118 Å². The van der Waals surface area contributed by atoms with E-state index in [4.69, 9.17) is 0 Å². The molecule has 1 fully saturated rings. The summed E-state index contributed by atoms with van der Waals surface area (Å²) in [6, 6.07) is 6.67. The Morgan fingerprint density at radius 2 is 1.95 bits per heavy atom. The Bertz CT molecular complexity index is 1450. The number of halogens is 3. The number of aromatic amines is 1. The van der Waals surface area contributed by atoms with Gasteiger partial charge in [-0.2, -0.15) is 18.4 Å². The molecule has 0 spiro atoms. The normalized spacial score (nSPS) is 14.9. The molecule has 0 radical (unpaired) electrons. The van der Waals surface area contributed by atoms with Crippen molar-refractivity contribution in [2.24, 2.45) is 0 Å². The first kappa shape index (κ1) is 25.4. The first-order valence-electron chi connectivity index (χ1n) is 12.3. The fraction of sp³-hybridized carbons (Fsp3) is 0.346. The predicted molar refractivity (Wildman–Crippen MR) is 137 cm³/mol. The van der Waals surface area contributed by atoms with E-state index in [-0.39, 0.29) is 34.3 Å². The van der Waals surface area contributed by atoms with Crippen LogP contribution in [0.1, 0.15) is 42.5 Å². The van der Waals surface area contributed by atoms with Crippen LogP contribution in [0.25, 0.3) is 22.3 Å². The van der Waals surface area contributed by atoms with Crippen LogP contribution in [0, 0.1) is 11.3 Å². The third-order valence-electron chi connectivity index (χ3n) is 6.59. The van der Waals surface area contributed by atoms with Crippen LogP contribution in [-0.2, 0) is 6.18 Å². The highest BCUT2D eigenvalue weighted by Crippen LogP contribution is 2.35. The molecule has 4 aromatic heterocycles. The van der Waals surface area contributed by atoms with Crippen molar-refractivity contribution < 1.29 is 13.2 Å². The lowest BCUT2D eigenvalue weighted by Gasteiger charge is -2.16. The Labute approximate surface area is 217 Å². The molecule has 0 unspecified atom stereocenters. The van der Waals surface area contributed by atoms with Crippen molar-refractivity contribution in [1.29, 1.82) is 5.26 Å². The summed E-state index contributed by atoms with van der Waals surface area (Å²) in [5.41, 5.74) is 0.952. The van der Waals surface area contributed by atoms with E-state index >= 15 is 0 Å². The van der Waals surface area contributed by atoms with Crippen molar-refractivity contribution >= 4 is 22.8 Å². The average Bonchev–Trinajstić information content (AvgIpc) is 3.58. The number of fused-ring (bicyclic) bond motifs is 1. The maximum absolute atomic E-state index is 13.3. The number of nitrogens with zero attached hydrogens (tertiary/aromatic N) is 6. The summed E-state index contributed by atoms with van der Waals surface area (Å²) < 4.78 is 39.8. The molecule has 1 saturated heterocycles. The van der Waals surface area contributed by atoms with Crippen molar-refractivity contribution in [3.05, 3.63) is 59.7 Å². The van der Waals surface area contributed by atoms with Crippen LogP contribution >= 0.6 is 0 Å². The van der Waals surface area contributed by atoms with Gasteiger partial charge in [0.2, 0.25) is 5.95 Å². The SMILES string of the molecule is C[C@@H](Nc1ncc(C#N)c(-c2c[nH]c3ncc(C(F)(F)F)cc23)n1)c1ccc(NCCN2CCCC2)nc1. The number of aromatic nitrogens is 5. The van der Waals surface area contributed by atoms with Gasteiger partial charge in [-0.3, -0.25) is 0 Å². The number of H-pyrrole nitrogens is 1. The van der Waals surface area contributed by atoms with Crippen LogP contribution in [0.5, 0.6) is 0 Å². The minimum Gasteiger partial charge on any atom is -0.369 e. The molecule has 196 valence electrons. The second-order valence-electron chi connectivity index (χ2n) is 9.21. The average molecular weight is 522 g/mol. The van der Waals surface area contributed by atoms with Gasteiger partial charge in [0, 0.05) is 42.6 Å². The number of rotatable bonds is 8. The van der Waals surface area contributed by atoms with Crippen molar-refractivity contribution in [1.82, 2.24) is 29.8 Å². The molecule has 4 aromatic rings. The Kier molecular flexibility index (Phi) is 7.11. The lowest BCUT2D eigenvalue weighted by molar-refractivity contribution is -0.137. The Hall–Kier alpha value is -4.24. The first-order chi connectivity index (χ1) is 18.3. The number of anilines is 2. The lowest BCUT2D eigenvalue weighted by atomic mass is 10.1. The van der Waals surface area contributed by atoms with Crippen molar-refractivity contribution in [3.63, 3.8) is 0 Å². The summed E-state index contributed by atoms with van der Waals surface area (Å²) in [7, 11) is 0. The highest BCUT2D eigenvalue weighted by molar-refractivity contribution is 5.94. The van der Waals surface area contributed by atoms with Crippen molar-refractivity contribution in [2.75, 3.05) is 36.8 Å². The summed E-state index contributed by atoms with van der Waals surface area (Å²) >= 11 is 0. The molecule has 38 heavy (non-hydrogen) atoms. The van der Waals surface area contributed by atoms with E-state index in [2.05, 4.69) is 40.5 Å². The molecule has 5 heterocycles. The maximum Gasteiger partial charge on any atom is 0.417 e. The zero-order chi connectivity index (χ0) is 26.7. The minimum atomic E-state index is -4.55. The molecule has 0 aromatic carbocycles. The summed E-state index contributed by atoms with van der Waals surface area (Å²) in [5.74, 6) is 1.02. The summed E-state index contributed by atoms with van der Waals surface area (Å²) in [4.78, 5) is 22.4. The van der Waals surface area contributed by atoms with Crippen LogP contribution < -0.4 is 10.6 Å². The monoisotopic (exact) mass is 521 g/mol. The number of nitrogens with one attached hydrogen (secondary N) is 3. The van der Waals surface area contributed by atoms with Gasteiger partial charge in [-0.1, -0.05) is 6.07 Å². The Morgan fingerprint density at radius 3 is 2.66 bits per heavy atom. The van der Waals surface area contributed by atoms with E-state index in [1.165, 1.54) is 25.2 Å². The van der Waals surface area contributed by atoms with Gasteiger partial charge in [0.25, 0.3) is 0 Å². The largest absolute Gasteiger partial charge is 0.417 e. The Morgan fingerprint density at radius 1 is 1.13 bits per heavy atom. The molecule has 5 rings (SSSR count). The number of alkyl halides is 3. The second kappa shape index (κ2) is 10.6. The third kappa shape index (κ3) is 5.52. The lowest BCUT2D eigenvalue weighted by Crippen LogP contribution is -2.26. The highest BCUT2D eigenvalue weighted by Gasteiger charge is 2.31. The molecule has 1 atom stereocenters. The molecular weight excluding hydrogens is 495 g/mol. The van der Waals surface area contributed by atoms with Gasteiger partial charge >= 0.3 is 6.18 Å². The van der Waals surface area contributed by atoms with E-state index in [0.29, 0.717) is 5.56 Å². The number of hydrogen-bond donors (Lipinski definition) is 3. The van der Waals surface area contributed by atoms with Crippen LogP contribution in [0.15, 0.2) is 43.0 Å². The molecule has 1 aliphatic heterocycles. The van der Waals surface area contributed by atoms with Gasteiger partial charge < -0.3 is 20.5 Å². The third-order valence-corrected chi connectivity index (χ3v) is 6.59. The first-order valence-corrected chi connectivity index (χ1v) is 12.3. The summed E-state index contributed by atoms with van der Waals surface area (Å²) in [6.45, 7) is 6.05. The van der Waals surface area contributed by atoms with Crippen LogP contribution in [0.3, 0.4) is 0 Å². The van der Waals surface area contributed by atoms with E-state index in [1.807, 2.05) is 25.1 Å². The Balaban J connectivity index is 1.32.